The highest BCUT2D eigenvalue weighted by molar-refractivity contribution is 5.66. The van der Waals surface area contributed by atoms with Crippen LogP contribution in [-0.4, -0.2) is 35.9 Å². The SMILES string of the molecule is CN(CC(O)CCC(=O)O)c1cccc(F)c1. The number of halogens is 1. The minimum absolute atomic E-state index is 0.0713. The molecule has 17 heavy (non-hydrogen) atoms. The van der Waals surface area contributed by atoms with Gasteiger partial charge in [-0.25, -0.2) is 4.39 Å². The molecule has 0 saturated heterocycles. The Labute approximate surface area is 99.3 Å². The molecule has 0 amide bonds. The smallest absolute Gasteiger partial charge is 0.303 e. The molecule has 94 valence electrons. The van der Waals surface area contributed by atoms with Crippen molar-refractivity contribution in [1.29, 1.82) is 0 Å². The zero-order valence-corrected chi connectivity index (χ0v) is 9.64. The lowest BCUT2D eigenvalue weighted by atomic mass is 10.2. The van der Waals surface area contributed by atoms with Crippen LogP contribution in [-0.2, 0) is 4.79 Å². The molecule has 4 nitrogen and oxygen atoms in total. The predicted octanol–water partition coefficient (Wildman–Crippen LogP) is 1.49. The molecule has 0 spiro atoms. The molecule has 0 aliphatic rings. The van der Waals surface area contributed by atoms with Gasteiger partial charge in [-0.3, -0.25) is 4.79 Å². The number of carbonyl (C=O) groups is 1. The van der Waals surface area contributed by atoms with Crippen molar-refractivity contribution in [3.05, 3.63) is 30.1 Å². The molecule has 0 aliphatic heterocycles. The fraction of sp³-hybridized carbons (Fsp3) is 0.417. The monoisotopic (exact) mass is 241 g/mol. The van der Waals surface area contributed by atoms with Crippen LogP contribution >= 0.6 is 0 Å². The predicted molar refractivity (Wildman–Crippen MR) is 62.5 cm³/mol. The Morgan fingerprint density at radius 3 is 2.82 bits per heavy atom. The Bertz CT molecular complexity index is 384. The molecule has 1 unspecified atom stereocenters. The Kier molecular flexibility index (Phi) is 4.90. The number of rotatable bonds is 6. The lowest BCUT2D eigenvalue weighted by Gasteiger charge is -2.22. The number of hydrogen-bond donors (Lipinski definition) is 2. The van der Waals surface area contributed by atoms with Crippen LogP contribution in [0, 0.1) is 5.82 Å². The summed E-state index contributed by atoms with van der Waals surface area (Å²) in [6.45, 7) is 0.275. The van der Waals surface area contributed by atoms with Crippen molar-refractivity contribution in [2.75, 3.05) is 18.5 Å². The van der Waals surface area contributed by atoms with Crippen LogP contribution in [0.1, 0.15) is 12.8 Å². The van der Waals surface area contributed by atoms with Crippen molar-refractivity contribution in [1.82, 2.24) is 0 Å². The molecule has 2 N–H and O–H groups in total. The number of carboxylic acids is 1. The van der Waals surface area contributed by atoms with E-state index in [9.17, 15) is 14.3 Å². The molecule has 1 aromatic carbocycles. The highest BCUT2D eigenvalue weighted by Crippen LogP contribution is 2.14. The molecule has 5 heteroatoms. The van der Waals surface area contributed by atoms with E-state index in [0.29, 0.717) is 5.69 Å². The Morgan fingerprint density at radius 2 is 2.24 bits per heavy atom. The summed E-state index contributed by atoms with van der Waals surface area (Å²) in [5.41, 5.74) is 0.652. The van der Waals surface area contributed by atoms with E-state index in [1.54, 1.807) is 24.1 Å². The molecule has 0 saturated carbocycles. The van der Waals surface area contributed by atoms with Gasteiger partial charge in [0.15, 0.2) is 0 Å². The maximum absolute atomic E-state index is 13.0. The summed E-state index contributed by atoms with van der Waals surface area (Å²) in [6, 6.07) is 6.03. The van der Waals surface area contributed by atoms with Crippen LogP contribution < -0.4 is 4.90 Å². The number of hydrogen-bond acceptors (Lipinski definition) is 3. The van der Waals surface area contributed by atoms with Crippen molar-refractivity contribution in [3.63, 3.8) is 0 Å². The first-order chi connectivity index (χ1) is 7.99. The van der Waals surface area contributed by atoms with Gasteiger partial charge < -0.3 is 15.1 Å². The second-order valence-electron chi connectivity index (χ2n) is 3.95. The number of benzene rings is 1. The first-order valence-corrected chi connectivity index (χ1v) is 5.35. The number of likely N-dealkylation sites (N-methyl/N-ethyl adjacent to an activating group) is 1. The molecule has 0 heterocycles. The largest absolute Gasteiger partial charge is 0.481 e. The number of aliphatic hydroxyl groups is 1. The van der Waals surface area contributed by atoms with Crippen molar-refractivity contribution in [2.24, 2.45) is 0 Å². The van der Waals surface area contributed by atoms with Crippen LogP contribution in [0.2, 0.25) is 0 Å². The molecule has 0 fully saturated rings. The molecular weight excluding hydrogens is 225 g/mol. The molecular formula is C12H16FNO3. The topological polar surface area (TPSA) is 60.8 Å². The molecule has 0 aliphatic carbocycles. The van der Waals surface area contributed by atoms with Gasteiger partial charge in [-0.2, -0.15) is 0 Å². The van der Waals surface area contributed by atoms with E-state index < -0.39 is 12.1 Å². The summed E-state index contributed by atoms with van der Waals surface area (Å²) in [7, 11) is 1.72. The van der Waals surface area contributed by atoms with E-state index >= 15 is 0 Å². The lowest BCUT2D eigenvalue weighted by Crippen LogP contribution is -2.29. The second-order valence-corrected chi connectivity index (χ2v) is 3.95. The molecule has 0 radical (unpaired) electrons. The summed E-state index contributed by atoms with van der Waals surface area (Å²) in [5.74, 6) is -1.27. The van der Waals surface area contributed by atoms with Gasteiger partial charge in [-0.05, 0) is 24.6 Å². The van der Waals surface area contributed by atoms with E-state index in [-0.39, 0.29) is 25.2 Å². The second kappa shape index (κ2) is 6.20. The van der Waals surface area contributed by atoms with E-state index in [1.807, 2.05) is 0 Å². The highest BCUT2D eigenvalue weighted by atomic mass is 19.1. The Balaban J connectivity index is 2.48. The zero-order valence-electron chi connectivity index (χ0n) is 9.64. The molecule has 1 atom stereocenters. The maximum Gasteiger partial charge on any atom is 0.303 e. The van der Waals surface area contributed by atoms with Gasteiger partial charge in [0.25, 0.3) is 0 Å². The summed E-state index contributed by atoms with van der Waals surface area (Å²) >= 11 is 0. The van der Waals surface area contributed by atoms with Crippen LogP contribution in [0.5, 0.6) is 0 Å². The molecule has 0 bridgehead atoms. The summed E-state index contributed by atoms with van der Waals surface area (Å²) in [5, 5.41) is 18.1. The van der Waals surface area contributed by atoms with Gasteiger partial charge >= 0.3 is 5.97 Å². The molecule has 1 aromatic rings. The number of anilines is 1. The van der Waals surface area contributed by atoms with E-state index in [4.69, 9.17) is 5.11 Å². The van der Waals surface area contributed by atoms with Gasteiger partial charge in [0.05, 0.1) is 6.10 Å². The third-order valence-electron chi connectivity index (χ3n) is 2.43. The third kappa shape index (κ3) is 4.82. The Morgan fingerprint density at radius 1 is 1.53 bits per heavy atom. The van der Waals surface area contributed by atoms with Crippen molar-refractivity contribution in [2.45, 2.75) is 18.9 Å². The van der Waals surface area contributed by atoms with Crippen LogP contribution in [0.15, 0.2) is 24.3 Å². The van der Waals surface area contributed by atoms with Gasteiger partial charge in [0, 0.05) is 25.7 Å². The van der Waals surface area contributed by atoms with Crippen molar-refractivity contribution >= 4 is 11.7 Å². The average molecular weight is 241 g/mol. The summed E-state index contributed by atoms with van der Waals surface area (Å²) in [6.07, 6.45) is -0.618. The zero-order chi connectivity index (χ0) is 12.8. The van der Waals surface area contributed by atoms with Crippen molar-refractivity contribution < 1.29 is 19.4 Å². The van der Waals surface area contributed by atoms with Crippen LogP contribution in [0.4, 0.5) is 10.1 Å². The van der Waals surface area contributed by atoms with Gasteiger partial charge in [-0.1, -0.05) is 6.07 Å². The lowest BCUT2D eigenvalue weighted by molar-refractivity contribution is -0.137. The standard InChI is InChI=1S/C12H16FNO3/c1-14(8-11(15)5-6-12(16)17)10-4-2-3-9(13)7-10/h2-4,7,11,15H,5-6,8H2,1H3,(H,16,17). The fourth-order valence-corrected chi connectivity index (χ4v) is 1.52. The Hall–Kier alpha value is -1.62. The summed E-state index contributed by atoms with van der Waals surface area (Å²) in [4.78, 5) is 12.0. The fourth-order valence-electron chi connectivity index (χ4n) is 1.52. The number of aliphatic hydroxyl groups excluding tert-OH is 1. The number of aliphatic carboxylic acids is 1. The first kappa shape index (κ1) is 13.4. The quantitative estimate of drug-likeness (QED) is 0.792. The highest BCUT2D eigenvalue weighted by Gasteiger charge is 2.11. The average Bonchev–Trinajstić information content (AvgIpc) is 2.26. The van der Waals surface area contributed by atoms with Gasteiger partial charge in [0.1, 0.15) is 5.82 Å². The van der Waals surface area contributed by atoms with Crippen LogP contribution in [0.25, 0.3) is 0 Å². The molecule has 0 aromatic heterocycles. The minimum atomic E-state index is -0.933. The minimum Gasteiger partial charge on any atom is -0.481 e. The number of nitrogens with zero attached hydrogens (tertiary/aromatic N) is 1. The van der Waals surface area contributed by atoms with Crippen LogP contribution in [0.3, 0.4) is 0 Å². The third-order valence-corrected chi connectivity index (χ3v) is 2.43. The van der Waals surface area contributed by atoms with Gasteiger partial charge in [0.2, 0.25) is 0 Å². The van der Waals surface area contributed by atoms with Crippen molar-refractivity contribution in [3.8, 4) is 0 Å². The van der Waals surface area contributed by atoms with E-state index in [0.717, 1.165) is 0 Å². The molecule has 1 rings (SSSR count). The van der Waals surface area contributed by atoms with E-state index in [2.05, 4.69) is 0 Å². The van der Waals surface area contributed by atoms with Gasteiger partial charge in [-0.15, -0.1) is 0 Å². The van der Waals surface area contributed by atoms with E-state index in [1.165, 1.54) is 12.1 Å². The first-order valence-electron chi connectivity index (χ1n) is 5.35. The normalized spacial score (nSPS) is 12.2. The number of carboxylic acid groups (broad SMARTS) is 1. The maximum atomic E-state index is 13.0. The summed E-state index contributed by atoms with van der Waals surface area (Å²) < 4.78 is 13.0.